The molecule has 4 heteroatoms. The molecule has 4 nitrogen and oxygen atoms in total. The molecular weight excluding hydrogens is 204 g/mol. The number of nitrogens with two attached hydrogens (primary N) is 1. The molecule has 1 heterocycles. The summed E-state index contributed by atoms with van der Waals surface area (Å²) in [6, 6.07) is 7.48. The zero-order chi connectivity index (χ0) is 11.4. The smallest absolute Gasteiger partial charge is 0.120 e. The molecule has 1 atom stereocenters. The van der Waals surface area contributed by atoms with Gasteiger partial charge in [-0.3, -0.25) is 4.90 Å². The van der Waals surface area contributed by atoms with Gasteiger partial charge >= 0.3 is 0 Å². The first-order valence-corrected chi connectivity index (χ1v) is 5.62. The fraction of sp³-hybridized carbons (Fsp3) is 0.500. The Labute approximate surface area is 95.6 Å². The minimum Gasteiger partial charge on any atom is -0.508 e. The molecule has 1 aliphatic rings. The van der Waals surface area contributed by atoms with Crippen LogP contribution in [0.3, 0.4) is 0 Å². The van der Waals surface area contributed by atoms with Crippen molar-refractivity contribution in [3.8, 4) is 5.75 Å². The zero-order valence-electron chi connectivity index (χ0n) is 9.30. The van der Waals surface area contributed by atoms with Crippen LogP contribution in [0.4, 0.5) is 0 Å². The Balaban J connectivity index is 2.18. The average molecular weight is 222 g/mol. The van der Waals surface area contributed by atoms with Crippen molar-refractivity contribution in [2.24, 2.45) is 5.73 Å². The molecule has 0 saturated carbocycles. The minimum absolute atomic E-state index is 0.0881. The van der Waals surface area contributed by atoms with Crippen LogP contribution in [0, 0.1) is 0 Å². The van der Waals surface area contributed by atoms with Gasteiger partial charge in [-0.05, 0) is 6.07 Å². The average Bonchev–Trinajstić information content (AvgIpc) is 2.34. The van der Waals surface area contributed by atoms with E-state index in [4.69, 9.17) is 10.5 Å². The van der Waals surface area contributed by atoms with E-state index < -0.39 is 0 Å². The number of rotatable bonds is 3. The zero-order valence-corrected chi connectivity index (χ0v) is 9.30. The molecule has 0 aliphatic carbocycles. The largest absolute Gasteiger partial charge is 0.508 e. The molecule has 0 aromatic heterocycles. The Morgan fingerprint density at radius 2 is 2.00 bits per heavy atom. The number of morpholine rings is 1. The monoisotopic (exact) mass is 222 g/mol. The second-order valence-electron chi connectivity index (χ2n) is 3.96. The van der Waals surface area contributed by atoms with E-state index in [-0.39, 0.29) is 6.04 Å². The number of hydrogen-bond acceptors (Lipinski definition) is 4. The summed E-state index contributed by atoms with van der Waals surface area (Å²) in [4.78, 5) is 2.26. The van der Waals surface area contributed by atoms with E-state index in [0.717, 1.165) is 31.9 Å². The summed E-state index contributed by atoms with van der Waals surface area (Å²) >= 11 is 0. The number of aromatic hydroxyl groups is 1. The predicted octanol–water partition coefficient (Wildman–Crippen LogP) is 0.724. The molecule has 1 aromatic carbocycles. The molecule has 3 N–H and O–H groups in total. The molecule has 0 spiro atoms. The Hall–Kier alpha value is -1.10. The maximum absolute atomic E-state index is 9.83. The van der Waals surface area contributed by atoms with Crippen molar-refractivity contribution >= 4 is 0 Å². The van der Waals surface area contributed by atoms with E-state index >= 15 is 0 Å². The topological polar surface area (TPSA) is 58.7 Å². The summed E-state index contributed by atoms with van der Waals surface area (Å²) in [6.07, 6.45) is 0. The second-order valence-corrected chi connectivity index (χ2v) is 3.96. The fourth-order valence-electron chi connectivity index (χ4n) is 2.13. The van der Waals surface area contributed by atoms with Crippen LogP contribution in [0.15, 0.2) is 24.3 Å². The van der Waals surface area contributed by atoms with Gasteiger partial charge in [-0.1, -0.05) is 18.2 Å². The van der Waals surface area contributed by atoms with Gasteiger partial charge in [-0.2, -0.15) is 0 Å². The number of phenolic OH excluding ortho intramolecular Hbond substituents is 1. The van der Waals surface area contributed by atoms with Gasteiger partial charge < -0.3 is 15.6 Å². The molecule has 1 aliphatic heterocycles. The van der Waals surface area contributed by atoms with Crippen LogP contribution in [-0.4, -0.2) is 42.9 Å². The lowest BCUT2D eigenvalue weighted by atomic mass is 10.0. The van der Waals surface area contributed by atoms with Crippen LogP contribution in [0.1, 0.15) is 11.6 Å². The summed E-state index contributed by atoms with van der Waals surface area (Å²) in [5.41, 5.74) is 6.72. The Morgan fingerprint density at radius 3 is 2.62 bits per heavy atom. The van der Waals surface area contributed by atoms with E-state index in [1.54, 1.807) is 6.07 Å². The number of para-hydroxylation sites is 1. The van der Waals surface area contributed by atoms with Gasteiger partial charge in [0.1, 0.15) is 5.75 Å². The van der Waals surface area contributed by atoms with Crippen molar-refractivity contribution in [2.75, 3.05) is 32.8 Å². The Kier molecular flexibility index (Phi) is 3.77. The Morgan fingerprint density at radius 1 is 1.31 bits per heavy atom. The number of phenols is 1. The fourth-order valence-corrected chi connectivity index (χ4v) is 2.13. The molecule has 0 amide bonds. The van der Waals surface area contributed by atoms with Crippen LogP contribution < -0.4 is 5.73 Å². The quantitative estimate of drug-likeness (QED) is 0.791. The summed E-state index contributed by atoms with van der Waals surface area (Å²) in [5.74, 6) is 0.324. The molecular formula is C12H18N2O2. The summed E-state index contributed by atoms with van der Waals surface area (Å²) in [7, 11) is 0. The number of benzene rings is 1. The van der Waals surface area contributed by atoms with Crippen molar-refractivity contribution in [1.29, 1.82) is 0 Å². The second kappa shape index (κ2) is 5.30. The number of hydrogen-bond donors (Lipinski definition) is 2. The van der Waals surface area contributed by atoms with Gasteiger partial charge in [0, 0.05) is 25.2 Å². The van der Waals surface area contributed by atoms with Gasteiger partial charge in [-0.25, -0.2) is 0 Å². The predicted molar refractivity (Wildman–Crippen MR) is 62.3 cm³/mol. The maximum atomic E-state index is 9.83. The van der Waals surface area contributed by atoms with Crippen molar-refractivity contribution < 1.29 is 9.84 Å². The normalized spacial score (nSPS) is 19.6. The van der Waals surface area contributed by atoms with Crippen LogP contribution in [-0.2, 0) is 4.74 Å². The van der Waals surface area contributed by atoms with E-state index in [1.165, 1.54) is 0 Å². The first-order chi connectivity index (χ1) is 7.83. The highest BCUT2D eigenvalue weighted by Crippen LogP contribution is 2.27. The van der Waals surface area contributed by atoms with Crippen LogP contribution in [0.25, 0.3) is 0 Å². The van der Waals surface area contributed by atoms with Crippen LogP contribution >= 0.6 is 0 Å². The standard InChI is InChI=1S/C12H18N2O2/c13-9-11(14-5-7-16-8-6-14)10-3-1-2-4-12(10)15/h1-4,11,15H,5-9,13H2. The first kappa shape index (κ1) is 11.4. The highest BCUT2D eigenvalue weighted by Gasteiger charge is 2.23. The molecule has 16 heavy (non-hydrogen) atoms. The molecule has 0 radical (unpaired) electrons. The third kappa shape index (κ3) is 2.35. The lowest BCUT2D eigenvalue weighted by Gasteiger charge is -2.34. The van der Waals surface area contributed by atoms with Gasteiger partial charge in [-0.15, -0.1) is 0 Å². The molecule has 88 valence electrons. The highest BCUT2D eigenvalue weighted by molar-refractivity contribution is 5.34. The summed E-state index contributed by atoms with van der Waals surface area (Å²) in [6.45, 7) is 3.73. The third-order valence-electron chi connectivity index (χ3n) is 3.01. The molecule has 1 aromatic rings. The van der Waals surface area contributed by atoms with Gasteiger partial charge in [0.2, 0.25) is 0 Å². The summed E-state index contributed by atoms with van der Waals surface area (Å²) < 4.78 is 5.32. The van der Waals surface area contributed by atoms with Crippen LogP contribution in [0.5, 0.6) is 5.75 Å². The molecule has 0 bridgehead atoms. The molecule has 2 rings (SSSR count). The Bertz CT molecular complexity index is 338. The van der Waals surface area contributed by atoms with E-state index in [1.807, 2.05) is 18.2 Å². The SMILES string of the molecule is NCC(c1ccccc1O)N1CCOCC1. The van der Waals surface area contributed by atoms with Crippen molar-refractivity contribution in [3.05, 3.63) is 29.8 Å². The van der Waals surface area contributed by atoms with Gasteiger partial charge in [0.15, 0.2) is 0 Å². The number of ether oxygens (including phenoxy) is 1. The highest BCUT2D eigenvalue weighted by atomic mass is 16.5. The van der Waals surface area contributed by atoms with Crippen molar-refractivity contribution in [2.45, 2.75) is 6.04 Å². The van der Waals surface area contributed by atoms with Crippen molar-refractivity contribution in [1.82, 2.24) is 4.90 Å². The minimum atomic E-state index is 0.0881. The lowest BCUT2D eigenvalue weighted by Crippen LogP contribution is -2.41. The molecule has 1 saturated heterocycles. The first-order valence-electron chi connectivity index (χ1n) is 5.62. The van der Waals surface area contributed by atoms with Gasteiger partial charge in [0.25, 0.3) is 0 Å². The summed E-state index contributed by atoms with van der Waals surface area (Å²) in [5, 5.41) is 9.83. The van der Waals surface area contributed by atoms with E-state index in [9.17, 15) is 5.11 Å². The van der Waals surface area contributed by atoms with Crippen molar-refractivity contribution in [3.63, 3.8) is 0 Å². The van der Waals surface area contributed by atoms with E-state index in [0.29, 0.717) is 12.3 Å². The van der Waals surface area contributed by atoms with E-state index in [2.05, 4.69) is 4.90 Å². The number of nitrogens with zero attached hydrogens (tertiary/aromatic N) is 1. The van der Waals surface area contributed by atoms with Crippen LogP contribution in [0.2, 0.25) is 0 Å². The molecule has 1 fully saturated rings. The van der Waals surface area contributed by atoms with Gasteiger partial charge in [0.05, 0.1) is 19.3 Å². The lowest BCUT2D eigenvalue weighted by molar-refractivity contribution is 0.0174. The third-order valence-corrected chi connectivity index (χ3v) is 3.01. The molecule has 1 unspecified atom stereocenters. The maximum Gasteiger partial charge on any atom is 0.120 e.